The van der Waals surface area contributed by atoms with Crippen molar-refractivity contribution in [2.24, 2.45) is 5.92 Å². The van der Waals surface area contributed by atoms with Crippen molar-refractivity contribution in [3.8, 4) is 0 Å². The molecule has 0 saturated heterocycles. The highest BCUT2D eigenvalue weighted by molar-refractivity contribution is 9.10. The monoisotopic (exact) mass is 292 g/mol. The molecule has 2 N–H and O–H groups in total. The normalized spacial score (nSPS) is 12.4. The number of carbonyl (C=O) groups is 1. The van der Waals surface area contributed by atoms with Gasteiger partial charge < -0.3 is 10.4 Å². The predicted molar refractivity (Wildman–Crippen MR) is 64.3 cm³/mol. The van der Waals surface area contributed by atoms with Crippen LogP contribution < -0.4 is 5.32 Å². The molecule has 0 fully saturated rings. The number of thiazole rings is 1. The zero-order chi connectivity index (χ0) is 11.3. The van der Waals surface area contributed by atoms with Gasteiger partial charge in [0.2, 0.25) is 0 Å². The Hall–Kier alpha value is -0.620. The Labute approximate surface area is 101 Å². The van der Waals surface area contributed by atoms with E-state index in [9.17, 15) is 4.79 Å². The number of nitrogens with zero attached hydrogens (tertiary/aromatic N) is 1. The van der Waals surface area contributed by atoms with Crippen LogP contribution in [-0.2, 0) is 4.79 Å². The highest BCUT2D eigenvalue weighted by Gasteiger charge is 2.09. The van der Waals surface area contributed by atoms with E-state index in [-0.39, 0.29) is 5.92 Å². The fraction of sp³-hybridized carbons (Fsp3) is 0.556. The van der Waals surface area contributed by atoms with Gasteiger partial charge in [-0.15, -0.1) is 11.3 Å². The Morgan fingerprint density at radius 2 is 2.53 bits per heavy atom. The Balaban J connectivity index is 2.14. The Bertz CT molecular complexity index is 330. The number of hydrogen-bond acceptors (Lipinski definition) is 4. The minimum absolute atomic E-state index is 0.269. The van der Waals surface area contributed by atoms with E-state index >= 15 is 0 Å². The Morgan fingerprint density at radius 1 is 1.80 bits per heavy atom. The van der Waals surface area contributed by atoms with E-state index in [2.05, 4.69) is 26.2 Å². The molecule has 84 valence electrons. The van der Waals surface area contributed by atoms with Gasteiger partial charge in [0.05, 0.1) is 5.92 Å². The van der Waals surface area contributed by atoms with Crippen LogP contribution in [0.25, 0.3) is 0 Å². The number of carboxylic acids is 1. The molecule has 0 aromatic carbocycles. The number of anilines is 1. The summed E-state index contributed by atoms with van der Waals surface area (Å²) in [5, 5.41) is 14.6. The largest absolute Gasteiger partial charge is 0.481 e. The number of aliphatic carboxylic acids is 1. The summed E-state index contributed by atoms with van der Waals surface area (Å²) in [5.41, 5.74) is 0. The molecule has 4 nitrogen and oxygen atoms in total. The maximum atomic E-state index is 10.5. The molecule has 0 spiro atoms. The van der Waals surface area contributed by atoms with Crippen molar-refractivity contribution in [2.75, 3.05) is 11.9 Å². The van der Waals surface area contributed by atoms with Gasteiger partial charge in [0, 0.05) is 11.9 Å². The van der Waals surface area contributed by atoms with Crippen LogP contribution in [0, 0.1) is 5.92 Å². The van der Waals surface area contributed by atoms with E-state index in [1.165, 1.54) is 11.3 Å². The second-order valence-electron chi connectivity index (χ2n) is 3.28. The first-order chi connectivity index (χ1) is 7.09. The van der Waals surface area contributed by atoms with Gasteiger partial charge in [-0.25, -0.2) is 4.98 Å². The zero-order valence-corrected chi connectivity index (χ0v) is 10.8. The van der Waals surface area contributed by atoms with Gasteiger partial charge in [0.25, 0.3) is 0 Å². The topological polar surface area (TPSA) is 62.2 Å². The van der Waals surface area contributed by atoms with E-state index in [1.54, 1.807) is 6.92 Å². The lowest BCUT2D eigenvalue weighted by atomic mass is 10.1. The molecule has 1 aromatic heterocycles. The standard InChI is InChI=1S/C9H13BrN2O2S/c1-6(8(13)14)3-2-4-11-9-12-7(10)5-15-9/h5-6H,2-4H2,1H3,(H,11,12)(H,13,14). The molecule has 0 aliphatic heterocycles. The summed E-state index contributed by atoms with van der Waals surface area (Å²) < 4.78 is 0.828. The van der Waals surface area contributed by atoms with Crippen LogP contribution in [-0.4, -0.2) is 22.6 Å². The van der Waals surface area contributed by atoms with Crippen LogP contribution in [0.4, 0.5) is 5.13 Å². The fourth-order valence-electron chi connectivity index (χ4n) is 1.06. The maximum Gasteiger partial charge on any atom is 0.306 e. The van der Waals surface area contributed by atoms with Crippen molar-refractivity contribution >= 4 is 38.4 Å². The van der Waals surface area contributed by atoms with Crippen molar-refractivity contribution in [2.45, 2.75) is 19.8 Å². The summed E-state index contributed by atoms with van der Waals surface area (Å²) >= 11 is 4.79. The lowest BCUT2D eigenvalue weighted by molar-refractivity contribution is -0.141. The van der Waals surface area contributed by atoms with Gasteiger partial charge in [-0.1, -0.05) is 6.92 Å². The quantitative estimate of drug-likeness (QED) is 0.792. The molecule has 0 aliphatic rings. The van der Waals surface area contributed by atoms with Crippen LogP contribution in [0.3, 0.4) is 0 Å². The third-order valence-corrected chi connectivity index (χ3v) is 3.50. The van der Waals surface area contributed by atoms with E-state index < -0.39 is 5.97 Å². The molecule has 0 radical (unpaired) electrons. The van der Waals surface area contributed by atoms with E-state index in [1.807, 2.05) is 5.38 Å². The summed E-state index contributed by atoms with van der Waals surface area (Å²) in [4.78, 5) is 14.7. The van der Waals surface area contributed by atoms with E-state index in [0.717, 1.165) is 22.7 Å². The Morgan fingerprint density at radius 3 is 3.07 bits per heavy atom. The molecule has 15 heavy (non-hydrogen) atoms. The minimum Gasteiger partial charge on any atom is -0.481 e. The first-order valence-corrected chi connectivity index (χ1v) is 6.34. The smallest absolute Gasteiger partial charge is 0.306 e. The lowest BCUT2D eigenvalue weighted by Crippen LogP contribution is -2.11. The molecule has 6 heteroatoms. The molecule has 1 aromatic rings. The third kappa shape index (κ3) is 4.61. The van der Waals surface area contributed by atoms with Gasteiger partial charge in [-0.3, -0.25) is 4.79 Å². The van der Waals surface area contributed by atoms with Gasteiger partial charge >= 0.3 is 5.97 Å². The zero-order valence-electron chi connectivity index (χ0n) is 8.36. The van der Waals surface area contributed by atoms with Crippen LogP contribution in [0.2, 0.25) is 0 Å². The van der Waals surface area contributed by atoms with Crippen molar-refractivity contribution in [1.82, 2.24) is 4.98 Å². The third-order valence-electron chi connectivity index (χ3n) is 1.99. The second kappa shape index (κ2) is 6.07. The number of rotatable bonds is 6. The molecule has 1 atom stereocenters. The van der Waals surface area contributed by atoms with Gasteiger partial charge in [0.15, 0.2) is 5.13 Å². The Kier molecular flexibility index (Phi) is 5.04. The molecule has 0 saturated carbocycles. The van der Waals surface area contributed by atoms with Crippen LogP contribution in [0.5, 0.6) is 0 Å². The predicted octanol–water partition coefficient (Wildman–Crippen LogP) is 2.82. The molecule has 0 aliphatic carbocycles. The van der Waals surface area contributed by atoms with Crippen LogP contribution >= 0.6 is 27.3 Å². The molecule has 1 rings (SSSR count). The molecular formula is C9H13BrN2O2S. The van der Waals surface area contributed by atoms with Crippen LogP contribution in [0.1, 0.15) is 19.8 Å². The summed E-state index contributed by atoms with van der Waals surface area (Å²) in [6.07, 6.45) is 1.53. The molecule has 0 bridgehead atoms. The average Bonchev–Trinajstić information content (AvgIpc) is 2.58. The summed E-state index contributed by atoms with van der Waals surface area (Å²) in [6, 6.07) is 0. The summed E-state index contributed by atoms with van der Waals surface area (Å²) in [5.74, 6) is -0.998. The molecule has 1 unspecified atom stereocenters. The summed E-state index contributed by atoms with van der Waals surface area (Å²) in [6.45, 7) is 2.49. The average molecular weight is 293 g/mol. The van der Waals surface area contributed by atoms with E-state index in [4.69, 9.17) is 5.11 Å². The van der Waals surface area contributed by atoms with Crippen molar-refractivity contribution in [1.29, 1.82) is 0 Å². The van der Waals surface area contributed by atoms with Gasteiger partial charge in [-0.2, -0.15) is 0 Å². The minimum atomic E-state index is -0.730. The molecule has 1 heterocycles. The van der Waals surface area contributed by atoms with E-state index in [0.29, 0.717) is 6.42 Å². The number of carboxylic acid groups (broad SMARTS) is 1. The number of halogens is 1. The highest BCUT2D eigenvalue weighted by atomic mass is 79.9. The van der Waals surface area contributed by atoms with Crippen molar-refractivity contribution in [3.63, 3.8) is 0 Å². The summed E-state index contributed by atoms with van der Waals surface area (Å²) in [7, 11) is 0. The fourth-order valence-corrected chi connectivity index (χ4v) is 2.24. The van der Waals surface area contributed by atoms with Crippen LogP contribution in [0.15, 0.2) is 9.98 Å². The lowest BCUT2D eigenvalue weighted by Gasteiger charge is -2.05. The SMILES string of the molecule is CC(CCCNc1nc(Br)cs1)C(=O)O. The number of nitrogens with one attached hydrogen (secondary N) is 1. The molecule has 0 amide bonds. The number of aromatic nitrogens is 1. The first kappa shape index (κ1) is 12.4. The maximum absolute atomic E-state index is 10.5. The van der Waals surface area contributed by atoms with Gasteiger partial charge in [0.1, 0.15) is 4.60 Å². The first-order valence-electron chi connectivity index (χ1n) is 4.67. The molecular weight excluding hydrogens is 280 g/mol. The van der Waals surface area contributed by atoms with Crippen molar-refractivity contribution in [3.05, 3.63) is 9.98 Å². The second-order valence-corrected chi connectivity index (χ2v) is 4.95. The highest BCUT2D eigenvalue weighted by Crippen LogP contribution is 2.19. The van der Waals surface area contributed by atoms with Gasteiger partial charge in [-0.05, 0) is 28.8 Å². The number of hydrogen-bond donors (Lipinski definition) is 2. The van der Waals surface area contributed by atoms with Crippen molar-refractivity contribution < 1.29 is 9.90 Å².